The van der Waals surface area contributed by atoms with Crippen molar-refractivity contribution in [3.8, 4) is 0 Å². The maximum absolute atomic E-state index is 13.6. The third kappa shape index (κ3) is 4.65. The van der Waals surface area contributed by atoms with Gasteiger partial charge in [-0.25, -0.2) is 8.42 Å². The van der Waals surface area contributed by atoms with Crippen LogP contribution in [0.15, 0.2) is 29.2 Å². The number of nitrogens with one attached hydrogen (secondary N) is 1. The molecule has 29 heavy (non-hydrogen) atoms. The van der Waals surface area contributed by atoms with E-state index >= 15 is 0 Å². The fourth-order valence-corrected chi connectivity index (χ4v) is 6.46. The average molecular weight is 421 g/mol. The van der Waals surface area contributed by atoms with E-state index in [0.29, 0.717) is 6.42 Å². The maximum atomic E-state index is 13.6. The van der Waals surface area contributed by atoms with Crippen molar-refractivity contribution in [2.24, 2.45) is 0 Å². The van der Waals surface area contributed by atoms with Crippen LogP contribution in [-0.4, -0.2) is 48.5 Å². The molecule has 0 aromatic heterocycles. The van der Waals surface area contributed by atoms with Crippen LogP contribution in [0.3, 0.4) is 0 Å². The van der Waals surface area contributed by atoms with Crippen molar-refractivity contribution in [1.29, 1.82) is 0 Å². The van der Waals surface area contributed by atoms with Crippen LogP contribution < -0.4 is 5.32 Å². The smallest absolute Gasteiger partial charge is 0.241 e. The minimum Gasteiger partial charge on any atom is -0.352 e. The Kier molecular flexibility index (Phi) is 6.66. The molecule has 1 saturated heterocycles. The van der Waals surface area contributed by atoms with Crippen molar-refractivity contribution in [3.63, 3.8) is 0 Å². The summed E-state index contributed by atoms with van der Waals surface area (Å²) in [4.78, 5) is 27.5. The molecule has 0 bridgehead atoms. The molecule has 1 N–H and O–H groups in total. The minimum absolute atomic E-state index is 0.0107. The monoisotopic (exact) mass is 420 g/mol. The first kappa shape index (κ1) is 21.8. The Morgan fingerprint density at radius 2 is 1.69 bits per heavy atom. The lowest BCUT2D eigenvalue weighted by atomic mass is 9.95. The minimum atomic E-state index is -3.95. The molecule has 160 valence electrons. The van der Waals surface area contributed by atoms with Crippen molar-refractivity contribution in [2.75, 3.05) is 0 Å². The lowest BCUT2D eigenvalue weighted by Gasteiger charge is -2.34. The van der Waals surface area contributed by atoms with E-state index in [-0.39, 0.29) is 29.3 Å². The van der Waals surface area contributed by atoms with Crippen molar-refractivity contribution in [3.05, 3.63) is 29.8 Å². The van der Waals surface area contributed by atoms with Crippen LogP contribution in [0.2, 0.25) is 0 Å². The lowest BCUT2D eigenvalue weighted by molar-refractivity contribution is -0.131. The average Bonchev–Trinajstić information content (AvgIpc) is 3.04. The summed E-state index contributed by atoms with van der Waals surface area (Å²) in [7, 11) is -3.95. The molecule has 1 aliphatic heterocycles. The number of aryl methyl sites for hydroxylation is 1. The Labute approximate surface area is 174 Å². The van der Waals surface area contributed by atoms with Crippen LogP contribution in [0, 0.1) is 6.92 Å². The van der Waals surface area contributed by atoms with Gasteiger partial charge in [0, 0.05) is 18.5 Å². The van der Waals surface area contributed by atoms with Gasteiger partial charge in [0.2, 0.25) is 11.8 Å². The van der Waals surface area contributed by atoms with E-state index in [2.05, 4.69) is 5.32 Å². The summed E-state index contributed by atoms with van der Waals surface area (Å²) in [6, 6.07) is 5.80. The Morgan fingerprint density at radius 1 is 1.07 bits per heavy atom. The van der Waals surface area contributed by atoms with Gasteiger partial charge < -0.3 is 10.2 Å². The van der Waals surface area contributed by atoms with E-state index < -0.39 is 27.0 Å². The van der Waals surface area contributed by atoms with E-state index in [1.807, 2.05) is 20.8 Å². The number of carbonyl (C=O) groups is 2. The highest BCUT2D eigenvalue weighted by Crippen LogP contribution is 2.31. The number of carbonyl (C=O) groups excluding carboxylic acids is 2. The number of amides is 2. The summed E-state index contributed by atoms with van der Waals surface area (Å²) < 4.78 is 27.2. The summed E-state index contributed by atoms with van der Waals surface area (Å²) in [6.45, 7) is 5.62. The molecular weight excluding hydrogens is 388 g/mol. The first-order valence-electron chi connectivity index (χ1n) is 10.6. The van der Waals surface area contributed by atoms with Gasteiger partial charge in [-0.2, -0.15) is 0 Å². The molecule has 0 spiro atoms. The molecule has 2 aliphatic rings. The van der Waals surface area contributed by atoms with Gasteiger partial charge in [-0.05, 0) is 52.2 Å². The molecule has 2 amide bonds. The van der Waals surface area contributed by atoms with Crippen LogP contribution in [-0.2, 0) is 19.4 Å². The first-order valence-corrected chi connectivity index (χ1v) is 12.2. The van der Waals surface area contributed by atoms with Crippen LogP contribution in [0.5, 0.6) is 0 Å². The van der Waals surface area contributed by atoms with Crippen molar-refractivity contribution in [2.45, 2.75) is 94.0 Å². The zero-order valence-electron chi connectivity index (χ0n) is 17.6. The highest BCUT2D eigenvalue weighted by atomic mass is 32.2. The normalized spacial score (nSPS) is 22.1. The summed E-state index contributed by atoms with van der Waals surface area (Å²) in [5.41, 5.74) is 0.951. The lowest BCUT2D eigenvalue weighted by Crippen LogP contribution is -2.55. The molecule has 1 heterocycles. The number of rotatable bonds is 6. The van der Waals surface area contributed by atoms with Gasteiger partial charge in [0.15, 0.2) is 15.1 Å². The quantitative estimate of drug-likeness (QED) is 0.767. The van der Waals surface area contributed by atoms with Gasteiger partial charge in [0.05, 0.1) is 10.9 Å². The zero-order valence-corrected chi connectivity index (χ0v) is 18.4. The van der Waals surface area contributed by atoms with E-state index in [0.717, 1.165) is 37.7 Å². The third-order valence-electron chi connectivity index (χ3n) is 6.10. The first-order chi connectivity index (χ1) is 13.7. The molecule has 3 rings (SSSR count). The highest BCUT2D eigenvalue weighted by molar-refractivity contribution is 7.92. The van der Waals surface area contributed by atoms with Crippen LogP contribution >= 0.6 is 0 Å². The summed E-state index contributed by atoms with van der Waals surface area (Å²) in [5.74, 6) is -0.553. The second-order valence-corrected chi connectivity index (χ2v) is 10.7. The van der Waals surface area contributed by atoms with Gasteiger partial charge in [-0.3, -0.25) is 9.59 Å². The van der Waals surface area contributed by atoms with E-state index in [4.69, 9.17) is 0 Å². The fraction of sp³-hybridized carbons (Fsp3) is 0.636. The number of benzene rings is 1. The van der Waals surface area contributed by atoms with E-state index in [9.17, 15) is 18.0 Å². The van der Waals surface area contributed by atoms with Crippen molar-refractivity contribution < 1.29 is 18.0 Å². The fourth-order valence-electron chi connectivity index (χ4n) is 4.62. The summed E-state index contributed by atoms with van der Waals surface area (Å²) in [5, 5.41) is 1.71. The van der Waals surface area contributed by atoms with Gasteiger partial charge in [-0.15, -0.1) is 0 Å². The van der Waals surface area contributed by atoms with E-state index in [1.54, 1.807) is 29.2 Å². The van der Waals surface area contributed by atoms with Crippen LogP contribution in [0.1, 0.15) is 64.4 Å². The summed E-state index contributed by atoms with van der Waals surface area (Å²) >= 11 is 0. The SMILES string of the molecule is Cc1ccc(S(=O)(=O)[C@H](C(=O)NC2CCCCC2)C2CCC(=O)N2C(C)C)cc1. The van der Waals surface area contributed by atoms with Crippen LogP contribution in [0.25, 0.3) is 0 Å². The van der Waals surface area contributed by atoms with Crippen molar-refractivity contribution in [1.82, 2.24) is 10.2 Å². The highest BCUT2D eigenvalue weighted by Gasteiger charge is 2.48. The predicted octanol–water partition coefficient (Wildman–Crippen LogP) is 2.99. The maximum Gasteiger partial charge on any atom is 0.241 e. The molecular formula is C22H32N2O4S. The second kappa shape index (κ2) is 8.86. The molecule has 1 saturated carbocycles. The molecule has 1 unspecified atom stereocenters. The van der Waals surface area contributed by atoms with Gasteiger partial charge >= 0.3 is 0 Å². The third-order valence-corrected chi connectivity index (χ3v) is 8.22. The summed E-state index contributed by atoms with van der Waals surface area (Å²) in [6.07, 6.45) is 5.64. The Balaban J connectivity index is 1.97. The molecule has 2 atom stereocenters. The molecule has 0 radical (unpaired) electrons. The Bertz CT molecular complexity index is 842. The molecule has 1 aliphatic carbocycles. The molecule has 2 fully saturated rings. The van der Waals surface area contributed by atoms with Gasteiger partial charge in [0.25, 0.3) is 0 Å². The number of sulfone groups is 1. The predicted molar refractivity (Wildman–Crippen MR) is 112 cm³/mol. The zero-order chi connectivity index (χ0) is 21.2. The largest absolute Gasteiger partial charge is 0.352 e. The van der Waals surface area contributed by atoms with Crippen molar-refractivity contribution >= 4 is 21.7 Å². The number of likely N-dealkylation sites (tertiary alicyclic amines) is 1. The number of hydrogen-bond acceptors (Lipinski definition) is 4. The van der Waals surface area contributed by atoms with Crippen LogP contribution in [0.4, 0.5) is 0 Å². The Morgan fingerprint density at radius 3 is 2.28 bits per heavy atom. The number of nitrogens with zero attached hydrogens (tertiary/aromatic N) is 1. The molecule has 6 nitrogen and oxygen atoms in total. The number of hydrogen-bond donors (Lipinski definition) is 1. The molecule has 1 aromatic rings. The molecule has 1 aromatic carbocycles. The standard InChI is InChI=1S/C22H32N2O4S/c1-15(2)24-19(13-14-20(24)25)21(22(26)23-17-7-5-4-6-8-17)29(27,28)18-11-9-16(3)10-12-18/h9-12,15,17,19,21H,4-8,13-14H2,1-3H3,(H,23,26)/t19?,21-/m0/s1. The second-order valence-electron chi connectivity index (χ2n) is 8.62. The van der Waals surface area contributed by atoms with E-state index in [1.165, 1.54) is 0 Å². The van der Waals surface area contributed by atoms with Gasteiger partial charge in [-0.1, -0.05) is 37.0 Å². The topological polar surface area (TPSA) is 83.5 Å². The Hall–Kier alpha value is -1.89. The van der Waals surface area contributed by atoms with Gasteiger partial charge in [0.1, 0.15) is 0 Å². The molecule has 7 heteroatoms.